The zero-order valence-electron chi connectivity index (χ0n) is 9.86. The van der Waals surface area contributed by atoms with E-state index < -0.39 is 11.9 Å². The number of carboxylic acids is 1. The van der Waals surface area contributed by atoms with Gasteiger partial charge >= 0.3 is 5.97 Å². The molecule has 0 unspecified atom stereocenters. The Kier molecular flexibility index (Phi) is 4.29. The van der Waals surface area contributed by atoms with Gasteiger partial charge in [0, 0.05) is 0 Å². The quantitative estimate of drug-likeness (QED) is 0.769. The molecule has 0 heterocycles. The summed E-state index contributed by atoms with van der Waals surface area (Å²) < 4.78 is 0. The maximum Gasteiger partial charge on any atom is 0.310 e. The Balaban J connectivity index is 2.67. The maximum atomic E-state index is 10.8. The number of carboxylic acid groups (broad SMARTS) is 1. The van der Waals surface area contributed by atoms with E-state index in [1.54, 1.807) is 6.92 Å². The van der Waals surface area contributed by atoms with Gasteiger partial charge in [0.1, 0.15) is 0 Å². The smallest absolute Gasteiger partial charge is 0.310 e. The zero-order valence-corrected chi connectivity index (χ0v) is 9.86. The minimum Gasteiger partial charge on any atom is -0.481 e. The Morgan fingerprint density at radius 2 is 1.94 bits per heavy atom. The number of hydrogen-bond acceptors (Lipinski definition) is 1. The summed E-state index contributed by atoms with van der Waals surface area (Å²) in [7, 11) is 0. The summed E-state index contributed by atoms with van der Waals surface area (Å²) in [4.78, 5) is 10.8. The van der Waals surface area contributed by atoms with Crippen LogP contribution in [0, 0.1) is 0 Å². The molecule has 0 saturated heterocycles. The zero-order chi connectivity index (χ0) is 12.1. The lowest BCUT2D eigenvalue weighted by molar-refractivity contribution is -0.138. The molecule has 1 rings (SSSR count). The minimum absolute atomic E-state index is 0.435. The highest BCUT2D eigenvalue weighted by molar-refractivity contribution is 5.75. The van der Waals surface area contributed by atoms with Crippen molar-refractivity contribution in [2.75, 3.05) is 0 Å². The van der Waals surface area contributed by atoms with Crippen LogP contribution in [0.3, 0.4) is 0 Å². The standard InChI is InChI=1S/C14H18O2/c1-10(2)4-5-12-6-8-13(9-7-12)11(3)14(15)16/h6-9,11H,1,4-5H2,2-3H3,(H,15,16)/t11-/m1/s1. The lowest BCUT2D eigenvalue weighted by Crippen LogP contribution is -2.07. The van der Waals surface area contributed by atoms with Crippen LogP contribution in [0.5, 0.6) is 0 Å². The van der Waals surface area contributed by atoms with E-state index in [-0.39, 0.29) is 0 Å². The van der Waals surface area contributed by atoms with Gasteiger partial charge in [-0.05, 0) is 37.8 Å². The number of hydrogen-bond donors (Lipinski definition) is 1. The summed E-state index contributed by atoms with van der Waals surface area (Å²) in [5.74, 6) is -1.22. The first-order valence-electron chi connectivity index (χ1n) is 5.46. The topological polar surface area (TPSA) is 37.3 Å². The highest BCUT2D eigenvalue weighted by atomic mass is 16.4. The molecular formula is C14H18O2. The Bertz CT molecular complexity index is 376. The second-order valence-corrected chi connectivity index (χ2v) is 4.26. The van der Waals surface area contributed by atoms with Gasteiger partial charge in [-0.15, -0.1) is 6.58 Å². The molecule has 2 nitrogen and oxygen atoms in total. The fourth-order valence-corrected chi connectivity index (χ4v) is 1.47. The second-order valence-electron chi connectivity index (χ2n) is 4.26. The summed E-state index contributed by atoms with van der Waals surface area (Å²) in [6, 6.07) is 7.79. The first-order chi connectivity index (χ1) is 7.50. The van der Waals surface area contributed by atoms with E-state index >= 15 is 0 Å². The van der Waals surface area contributed by atoms with Crippen LogP contribution in [0.4, 0.5) is 0 Å². The van der Waals surface area contributed by atoms with Crippen LogP contribution in [0.15, 0.2) is 36.4 Å². The molecule has 0 spiro atoms. The van der Waals surface area contributed by atoms with Crippen molar-refractivity contribution >= 4 is 5.97 Å². The fraction of sp³-hybridized carbons (Fsp3) is 0.357. The van der Waals surface area contributed by atoms with Crippen LogP contribution in [-0.4, -0.2) is 11.1 Å². The molecule has 0 aliphatic carbocycles. The highest BCUT2D eigenvalue weighted by Gasteiger charge is 2.12. The summed E-state index contributed by atoms with van der Waals surface area (Å²) in [5, 5.41) is 8.87. The van der Waals surface area contributed by atoms with Crippen LogP contribution in [0.25, 0.3) is 0 Å². The third kappa shape index (κ3) is 3.54. The number of benzene rings is 1. The molecule has 0 radical (unpaired) electrons. The molecule has 86 valence electrons. The fourth-order valence-electron chi connectivity index (χ4n) is 1.47. The van der Waals surface area contributed by atoms with Crippen molar-refractivity contribution in [3.05, 3.63) is 47.5 Å². The van der Waals surface area contributed by atoms with E-state index in [1.807, 2.05) is 31.2 Å². The summed E-state index contributed by atoms with van der Waals surface area (Å²) in [6.45, 7) is 7.58. The SMILES string of the molecule is C=C(C)CCc1ccc([C@@H](C)C(=O)O)cc1. The van der Waals surface area contributed by atoms with Crippen molar-refractivity contribution < 1.29 is 9.90 Å². The Hall–Kier alpha value is -1.57. The maximum absolute atomic E-state index is 10.8. The first kappa shape index (κ1) is 12.5. The largest absolute Gasteiger partial charge is 0.481 e. The molecule has 1 aromatic rings. The number of aryl methyl sites for hydroxylation is 1. The van der Waals surface area contributed by atoms with Crippen LogP contribution < -0.4 is 0 Å². The summed E-state index contributed by atoms with van der Waals surface area (Å²) >= 11 is 0. The van der Waals surface area contributed by atoms with E-state index in [2.05, 4.69) is 6.58 Å². The van der Waals surface area contributed by atoms with Gasteiger partial charge in [0.05, 0.1) is 5.92 Å². The third-order valence-electron chi connectivity index (χ3n) is 2.69. The van der Waals surface area contributed by atoms with Crippen molar-refractivity contribution in [2.24, 2.45) is 0 Å². The van der Waals surface area contributed by atoms with Gasteiger partial charge in [0.15, 0.2) is 0 Å². The molecule has 16 heavy (non-hydrogen) atoms. The molecule has 0 bridgehead atoms. The Morgan fingerprint density at radius 3 is 2.38 bits per heavy atom. The van der Waals surface area contributed by atoms with Gasteiger partial charge < -0.3 is 5.11 Å². The van der Waals surface area contributed by atoms with Gasteiger partial charge in [-0.25, -0.2) is 0 Å². The van der Waals surface area contributed by atoms with Crippen LogP contribution in [0.1, 0.15) is 37.3 Å². The molecule has 0 amide bonds. The number of carbonyl (C=O) groups is 1. The summed E-state index contributed by atoms with van der Waals surface area (Å²) in [6.07, 6.45) is 1.95. The van der Waals surface area contributed by atoms with Gasteiger partial charge in [-0.1, -0.05) is 29.8 Å². The normalized spacial score (nSPS) is 12.1. The average Bonchev–Trinajstić information content (AvgIpc) is 2.26. The molecule has 2 heteroatoms. The number of aliphatic carboxylic acids is 1. The van der Waals surface area contributed by atoms with E-state index in [4.69, 9.17) is 5.11 Å². The highest BCUT2D eigenvalue weighted by Crippen LogP contribution is 2.17. The molecule has 1 atom stereocenters. The van der Waals surface area contributed by atoms with Crippen molar-refractivity contribution in [3.8, 4) is 0 Å². The van der Waals surface area contributed by atoms with Gasteiger partial charge in [0.25, 0.3) is 0 Å². The van der Waals surface area contributed by atoms with Crippen LogP contribution in [-0.2, 0) is 11.2 Å². The van der Waals surface area contributed by atoms with E-state index in [0.29, 0.717) is 0 Å². The minimum atomic E-state index is -0.783. The van der Waals surface area contributed by atoms with Crippen LogP contribution >= 0.6 is 0 Å². The van der Waals surface area contributed by atoms with Gasteiger partial charge in [-0.3, -0.25) is 4.79 Å². The van der Waals surface area contributed by atoms with Gasteiger partial charge in [0.2, 0.25) is 0 Å². The molecule has 0 saturated carbocycles. The van der Waals surface area contributed by atoms with Crippen molar-refractivity contribution in [1.29, 1.82) is 0 Å². The molecule has 1 N–H and O–H groups in total. The predicted octanol–water partition coefficient (Wildman–Crippen LogP) is 3.38. The number of rotatable bonds is 5. The molecule has 0 aliphatic heterocycles. The molecule has 1 aromatic carbocycles. The predicted molar refractivity (Wildman–Crippen MR) is 65.6 cm³/mol. The second kappa shape index (κ2) is 5.50. The monoisotopic (exact) mass is 218 g/mol. The van der Waals surface area contributed by atoms with Crippen molar-refractivity contribution in [1.82, 2.24) is 0 Å². The molecular weight excluding hydrogens is 200 g/mol. The Labute approximate surface area is 96.6 Å². The average molecular weight is 218 g/mol. The van der Waals surface area contributed by atoms with E-state index in [0.717, 1.165) is 18.4 Å². The lowest BCUT2D eigenvalue weighted by Gasteiger charge is -2.07. The first-order valence-corrected chi connectivity index (χ1v) is 5.46. The van der Waals surface area contributed by atoms with Crippen LogP contribution in [0.2, 0.25) is 0 Å². The summed E-state index contributed by atoms with van der Waals surface area (Å²) in [5.41, 5.74) is 3.25. The molecule has 0 aromatic heterocycles. The molecule has 0 aliphatic rings. The Morgan fingerprint density at radius 1 is 1.38 bits per heavy atom. The lowest BCUT2D eigenvalue weighted by atomic mass is 9.98. The molecule has 0 fully saturated rings. The number of allylic oxidation sites excluding steroid dienone is 1. The van der Waals surface area contributed by atoms with E-state index in [1.165, 1.54) is 11.1 Å². The van der Waals surface area contributed by atoms with E-state index in [9.17, 15) is 4.79 Å². The van der Waals surface area contributed by atoms with Crippen molar-refractivity contribution in [3.63, 3.8) is 0 Å². The van der Waals surface area contributed by atoms with Crippen molar-refractivity contribution in [2.45, 2.75) is 32.6 Å². The van der Waals surface area contributed by atoms with Gasteiger partial charge in [-0.2, -0.15) is 0 Å². The third-order valence-corrected chi connectivity index (χ3v) is 2.69.